The lowest BCUT2D eigenvalue weighted by Gasteiger charge is -2.14. The Morgan fingerprint density at radius 2 is 1.67 bits per heavy atom. The van der Waals surface area contributed by atoms with Crippen molar-refractivity contribution in [3.05, 3.63) is 83.0 Å². The van der Waals surface area contributed by atoms with E-state index in [1.807, 2.05) is 43.3 Å². The van der Waals surface area contributed by atoms with E-state index in [0.29, 0.717) is 12.1 Å². The van der Waals surface area contributed by atoms with Gasteiger partial charge < -0.3 is 10.6 Å². The number of aryl methyl sites for hydroxylation is 3. The first-order valence-electron chi connectivity index (χ1n) is 9.22. The van der Waals surface area contributed by atoms with Crippen LogP contribution in [0.15, 0.2) is 60.8 Å². The minimum atomic E-state index is -0.0426. The summed E-state index contributed by atoms with van der Waals surface area (Å²) in [5, 5.41) is 6.31. The summed E-state index contributed by atoms with van der Waals surface area (Å²) in [6.45, 7) is 6.24. The van der Waals surface area contributed by atoms with Crippen LogP contribution < -0.4 is 10.6 Å². The molecule has 0 unspecified atom stereocenters. The summed E-state index contributed by atoms with van der Waals surface area (Å²) in [6.07, 6.45) is 2.99. The molecule has 3 rings (SSSR count). The second kappa shape index (κ2) is 8.49. The van der Waals surface area contributed by atoms with Crippen molar-refractivity contribution in [2.45, 2.75) is 33.6 Å². The number of aromatic nitrogens is 1. The van der Waals surface area contributed by atoms with Crippen LogP contribution >= 0.6 is 0 Å². The van der Waals surface area contributed by atoms with Gasteiger partial charge in [0.25, 0.3) is 0 Å². The molecule has 0 spiro atoms. The van der Waals surface area contributed by atoms with Gasteiger partial charge in [-0.05, 0) is 54.7 Å². The first-order chi connectivity index (χ1) is 13.1. The van der Waals surface area contributed by atoms with E-state index in [2.05, 4.69) is 47.7 Å². The van der Waals surface area contributed by atoms with E-state index < -0.39 is 0 Å². The van der Waals surface area contributed by atoms with Crippen molar-refractivity contribution in [3.63, 3.8) is 0 Å². The fourth-order valence-corrected chi connectivity index (χ4v) is 3.06. The third-order valence-electron chi connectivity index (χ3n) is 4.65. The Hall–Kier alpha value is -3.14. The van der Waals surface area contributed by atoms with Crippen molar-refractivity contribution in [3.8, 4) is 0 Å². The number of para-hydroxylation sites is 1. The molecular weight excluding hydrogens is 334 g/mol. The minimum absolute atomic E-state index is 0.0426. The normalized spacial score (nSPS) is 10.5. The molecule has 2 aromatic carbocycles. The van der Waals surface area contributed by atoms with Crippen molar-refractivity contribution >= 4 is 23.1 Å². The number of hydrogen-bond acceptors (Lipinski definition) is 3. The van der Waals surface area contributed by atoms with Crippen molar-refractivity contribution < 1.29 is 4.79 Å². The van der Waals surface area contributed by atoms with Gasteiger partial charge in [-0.25, -0.2) is 4.98 Å². The molecular formula is C23H25N3O. The zero-order valence-corrected chi connectivity index (χ0v) is 16.0. The third kappa shape index (κ3) is 4.73. The Labute approximate surface area is 160 Å². The van der Waals surface area contributed by atoms with E-state index in [0.717, 1.165) is 29.1 Å². The molecule has 4 nitrogen and oxygen atoms in total. The Bertz CT molecular complexity index is 933. The molecule has 1 heterocycles. The fourth-order valence-electron chi connectivity index (χ4n) is 3.06. The van der Waals surface area contributed by atoms with Gasteiger partial charge in [-0.3, -0.25) is 4.79 Å². The first-order valence-corrected chi connectivity index (χ1v) is 9.22. The number of pyridine rings is 1. The predicted octanol–water partition coefficient (Wildman–Crippen LogP) is 5.19. The second-order valence-corrected chi connectivity index (χ2v) is 6.67. The maximum atomic E-state index is 12.3. The highest BCUT2D eigenvalue weighted by Gasteiger charge is 2.08. The Morgan fingerprint density at radius 3 is 2.37 bits per heavy atom. The van der Waals surface area contributed by atoms with Crippen LogP contribution in [0.25, 0.3) is 0 Å². The molecule has 27 heavy (non-hydrogen) atoms. The minimum Gasteiger partial charge on any atom is -0.340 e. The van der Waals surface area contributed by atoms with Gasteiger partial charge in [0.05, 0.1) is 18.3 Å². The van der Waals surface area contributed by atoms with Crippen LogP contribution in [0.3, 0.4) is 0 Å². The van der Waals surface area contributed by atoms with Gasteiger partial charge in [-0.2, -0.15) is 0 Å². The molecule has 2 N–H and O–H groups in total. The number of rotatable bonds is 6. The van der Waals surface area contributed by atoms with Gasteiger partial charge in [-0.15, -0.1) is 0 Å². The van der Waals surface area contributed by atoms with Crippen LogP contribution in [0.5, 0.6) is 0 Å². The first kappa shape index (κ1) is 18.6. The van der Waals surface area contributed by atoms with Crippen LogP contribution in [0.4, 0.5) is 17.2 Å². The zero-order chi connectivity index (χ0) is 19.2. The molecule has 3 aromatic rings. The molecule has 0 fully saturated rings. The van der Waals surface area contributed by atoms with E-state index in [9.17, 15) is 4.79 Å². The number of hydrogen-bond donors (Lipinski definition) is 2. The highest BCUT2D eigenvalue weighted by molar-refractivity contribution is 5.92. The van der Waals surface area contributed by atoms with Gasteiger partial charge in [0.2, 0.25) is 5.91 Å². The summed E-state index contributed by atoms with van der Waals surface area (Å²) >= 11 is 0. The largest absolute Gasteiger partial charge is 0.340 e. The molecule has 0 radical (unpaired) electrons. The Morgan fingerprint density at radius 1 is 0.926 bits per heavy atom. The van der Waals surface area contributed by atoms with Crippen LogP contribution in [-0.4, -0.2) is 10.9 Å². The zero-order valence-electron chi connectivity index (χ0n) is 16.0. The van der Waals surface area contributed by atoms with E-state index in [-0.39, 0.29) is 5.91 Å². The SMILES string of the molecule is CCc1cccc(C)c1Nc1ccc(NC(=O)Cc2ccccc2C)cn1. The summed E-state index contributed by atoms with van der Waals surface area (Å²) in [5.41, 5.74) is 6.39. The summed E-state index contributed by atoms with van der Waals surface area (Å²) in [7, 11) is 0. The average molecular weight is 359 g/mol. The van der Waals surface area contributed by atoms with E-state index in [1.165, 1.54) is 11.1 Å². The summed E-state index contributed by atoms with van der Waals surface area (Å²) in [4.78, 5) is 16.7. The molecule has 0 saturated heterocycles. The number of amides is 1. The fraction of sp³-hybridized carbons (Fsp3) is 0.217. The molecule has 1 amide bonds. The van der Waals surface area contributed by atoms with Crippen molar-refractivity contribution in [1.82, 2.24) is 4.98 Å². The molecule has 0 bridgehead atoms. The van der Waals surface area contributed by atoms with Crippen molar-refractivity contribution in [1.29, 1.82) is 0 Å². The predicted molar refractivity (Wildman–Crippen MR) is 112 cm³/mol. The van der Waals surface area contributed by atoms with E-state index in [4.69, 9.17) is 0 Å². The molecule has 0 aliphatic rings. The quantitative estimate of drug-likeness (QED) is 0.637. The lowest BCUT2D eigenvalue weighted by atomic mass is 10.1. The highest BCUT2D eigenvalue weighted by atomic mass is 16.1. The lowest BCUT2D eigenvalue weighted by molar-refractivity contribution is -0.115. The molecule has 138 valence electrons. The summed E-state index contributed by atoms with van der Waals surface area (Å²) in [5.74, 6) is 0.717. The summed E-state index contributed by atoms with van der Waals surface area (Å²) in [6, 6.07) is 18.0. The third-order valence-corrected chi connectivity index (χ3v) is 4.65. The van der Waals surface area contributed by atoms with E-state index in [1.54, 1.807) is 6.20 Å². The van der Waals surface area contributed by atoms with Crippen LogP contribution in [0.1, 0.15) is 29.2 Å². The number of carbonyl (C=O) groups is 1. The molecule has 0 aliphatic carbocycles. The molecule has 4 heteroatoms. The van der Waals surface area contributed by atoms with E-state index >= 15 is 0 Å². The number of carbonyl (C=O) groups excluding carboxylic acids is 1. The van der Waals surface area contributed by atoms with Gasteiger partial charge in [0, 0.05) is 5.69 Å². The molecule has 0 saturated carbocycles. The van der Waals surface area contributed by atoms with Crippen LogP contribution in [0.2, 0.25) is 0 Å². The molecule has 1 aromatic heterocycles. The van der Waals surface area contributed by atoms with Crippen molar-refractivity contribution in [2.75, 3.05) is 10.6 Å². The number of anilines is 3. The highest BCUT2D eigenvalue weighted by Crippen LogP contribution is 2.25. The maximum absolute atomic E-state index is 12.3. The average Bonchev–Trinajstić information content (AvgIpc) is 2.66. The Balaban J connectivity index is 1.66. The smallest absolute Gasteiger partial charge is 0.228 e. The molecule has 0 atom stereocenters. The molecule has 0 aliphatic heterocycles. The van der Waals surface area contributed by atoms with Crippen molar-refractivity contribution in [2.24, 2.45) is 0 Å². The van der Waals surface area contributed by atoms with Gasteiger partial charge in [-0.1, -0.05) is 49.4 Å². The second-order valence-electron chi connectivity index (χ2n) is 6.67. The standard InChI is InChI=1S/C23H25N3O/c1-4-18-11-7-9-17(3)23(18)26-21-13-12-20(15-24-21)25-22(27)14-19-10-6-5-8-16(19)2/h5-13,15H,4,14H2,1-3H3,(H,24,26)(H,25,27). The summed E-state index contributed by atoms with van der Waals surface area (Å²) < 4.78 is 0. The monoisotopic (exact) mass is 359 g/mol. The van der Waals surface area contributed by atoms with Crippen LogP contribution in [0, 0.1) is 13.8 Å². The Kier molecular flexibility index (Phi) is 5.87. The topological polar surface area (TPSA) is 54.0 Å². The van der Waals surface area contributed by atoms with Gasteiger partial charge in [0.1, 0.15) is 5.82 Å². The number of benzene rings is 2. The van der Waals surface area contributed by atoms with Gasteiger partial charge in [0.15, 0.2) is 0 Å². The van der Waals surface area contributed by atoms with Gasteiger partial charge >= 0.3 is 0 Å². The number of nitrogens with zero attached hydrogens (tertiary/aromatic N) is 1. The van der Waals surface area contributed by atoms with Crippen LogP contribution in [-0.2, 0) is 17.6 Å². The maximum Gasteiger partial charge on any atom is 0.228 e. The number of nitrogens with one attached hydrogen (secondary N) is 2. The lowest BCUT2D eigenvalue weighted by Crippen LogP contribution is -2.15.